The van der Waals surface area contributed by atoms with Crippen molar-refractivity contribution in [2.75, 3.05) is 62.8 Å². The van der Waals surface area contributed by atoms with Crippen molar-refractivity contribution in [3.63, 3.8) is 0 Å². The Bertz CT molecular complexity index is 4020. The van der Waals surface area contributed by atoms with Gasteiger partial charge in [-0.3, -0.25) is 77.2 Å². The second kappa shape index (κ2) is 42.1. The third-order valence-electron chi connectivity index (χ3n) is 19.0. The first-order chi connectivity index (χ1) is 52.1. The number of halogens is 1. The Kier molecular flexibility index (Phi) is 33.0. The average molecular weight is 1580 g/mol. The normalized spacial score (nSPS) is 21.9. The van der Waals surface area contributed by atoms with Gasteiger partial charge in [-0.15, -0.1) is 0 Å². The molecule has 0 spiro atoms. The SMILES string of the molecule is CCC(=O)[C@@H]1CSSC[C@H](NC(=O)[C@@H](CC(=O)[C@H](Cc2ccccc2)NC(=S)Nc2ccc(C[C@H]3CN(CC(=O)O)CCN(CC(=O)O)Cc4cccc(n4)CN3COC=O)cc2)Cc2cnc[nH]2)C(=O)N2C[C@H](O)C[C@H]2C(=O)C[C@@H](Cc2ccc(O)c(Cl)c2)C(=O)N[C@@H](CC(=O)O)C(=O)C[C@@H](CC(C)C)C(=O)N1. The van der Waals surface area contributed by atoms with E-state index in [9.17, 15) is 68.7 Å². The van der Waals surface area contributed by atoms with Crippen molar-refractivity contribution < 1.29 is 87.8 Å². The number of nitrogens with zero attached hydrogens (tertiary/aromatic N) is 6. The number of anilines is 1. The number of fused-ring (bicyclic) bond motifs is 3. The molecule has 3 aliphatic heterocycles. The monoisotopic (exact) mass is 1580 g/mol. The largest absolute Gasteiger partial charge is 0.506 e. The number of nitrogens with one attached hydrogen (secondary N) is 6. The number of ether oxygens (including phenoxy) is 1. The van der Waals surface area contributed by atoms with Crippen LogP contribution in [0.3, 0.4) is 0 Å². The molecule has 109 heavy (non-hydrogen) atoms. The van der Waals surface area contributed by atoms with Crippen LogP contribution >= 0.6 is 45.4 Å². The van der Waals surface area contributed by atoms with Gasteiger partial charge in [-0.25, -0.2) is 4.98 Å². The highest BCUT2D eigenvalue weighted by atomic mass is 35.5. The second-order valence-electron chi connectivity index (χ2n) is 28.0. The number of hydrogen-bond donors (Lipinski definition) is 11. The molecule has 11 N–H and O–H groups in total. The lowest BCUT2D eigenvalue weighted by molar-refractivity contribution is -0.142. The number of carbonyl (C=O) groups excluding carboxylic acids is 9. The number of carbonyl (C=O) groups is 12. The van der Waals surface area contributed by atoms with E-state index in [1.807, 2.05) is 55.1 Å². The smallest absolute Gasteiger partial charge is 0.317 e. The molecule has 586 valence electrons. The molecular formula is C75H93ClN12O18S3. The molecule has 4 amide bonds. The molecule has 2 bridgehead atoms. The quantitative estimate of drug-likeness (QED) is 0.0188. The highest BCUT2D eigenvalue weighted by Gasteiger charge is 2.44. The number of carboxylic acid groups (broad SMARTS) is 3. The Hall–Kier alpha value is -9.22. The van der Waals surface area contributed by atoms with Gasteiger partial charge in [0, 0.05) is 125 Å². The van der Waals surface area contributed by atoms with E-state index in [1.54, 1.807) is 53.1 Å². The summed E-state index contributed by atoms with van der Waals surface area (Å²) in [5.74, 6) is -13.7. The molecule has 2 saturated heterocycles. The number of aromatic hydroxyl groups is 1. The van der Waals surface area contributed by atoms with Crippen molar-refractivity contribution in [3.8, 4) is 5.75 Å². The Morgan fingerprint density at radius 2 is 1.46 bits per heavy atom. The first kappa shape index (κ1) is 85.4. The molecule has 10 atom stereocenters. The number of benzene rings is 3. The summed E-state index contributed by atoms with van der Waals surface area (Å²) in [5.41, 5.74) is 4.00. The number of phenols is 1. The maximum Gasteiger partial charge on any atom is 0.317 e. The molecule has 3 aromatic carbocycles. The molecule has 3 aliphatic rings. The van der Waals surface area contributed by atoms with Crippen LogP contribution in [-0.2, 0) is 101 Å². The molecule has 5 heterocycles. The van der Waals surface area contributed by atoms with Gasteiger partial charge < -0.3 is 66.7 Å². The number of Topliss-reactive ketones (excluding diaryl/α,β-unsaturated/α-hetero) is 4. The zero-order valence-electron chi connectivity index (χ0n) is 60.6. The van der Waals surface area contributed by atoms with E-state index >= 15 is 14.4 Å². The molecule has 0 aliphatic carbocycles. The molecule has 30 nitrogen and oxygen atoms in total. The van der Waals surface area contributed by atoms with E-state index in [1.165, 1.54) is 30.7 Å². The summed E-state index contributed by atoms with van der Waals surface area (Å²) in [7, 11) is 2.13. The van der Waals surface area contributed by atoms with E-state index in [0.717, 1.165) is 37.6 Å². The zero-order valence-corrected chi connectivity index (χ0v) is 63.8. The van der Waals surface area contributed by atoms with Crippen molar-refractivity contribution in [2.45, 2.75) is 147 Å². The van der Waals surface area contributed by atoms with Gasteiger partial charge >= 0.3 is 17.9 Å². The minimum atomic E-state index is -1.70. The molecule has 34 heteroatoms. The molecule has 2 fully saturated rings. The highest BCUT2D eigenvalue weighted by Crippen LogP contribution is 2.32. The van der Waals surface area contributed by atoms with Crippen LogP contribution in [0, 0.1) is 23.7 Å². The summed E-state index contributed by atoms with van der Waals surface area (Å²) in [6, 6.07) is 18.3. The predicted octanol–water partition coefficient (Wildman–Crippen LogP) is 4.41. The van der Waals surface area contributed by atoms with Crippen LogP contribution in [0.15, 0.2) is 104 Å². The van der Waals surface area contributed by atoms with Crippen LogP contribution < -0.4 is 26.6 Å². The van der Waals surface area contributed by atoms with Gasteiger partial charge in [-0.2, -0.15) is 0 Å². The Labute approximate surface area is 648 Å². The van der Waals surface area contributed by atoms with Gasteiger partial charge in [0.1, 0.15) is 18.5 Å². The molecule has 0 unspecified atom stereocenters. The fraction of sp³-hybridized carbons (Fsp3) is 0.480. The third kappa shape index (κ3) is 27.1. The summed E-state index contributed by atoms with van der Waals surface area (Å²) in [4.78, 5) is 184. The summed E-state index contributed by atoms with van der Waals surface area (Å²) in [5, 5.41) is 65.9. The minimum absolute atomic E-state index is 0.0205. The first-order valence-corrected chi connectivity index (χ1v) is 39.1. The molecule has 2 aromatic heterocycles. The maximum atomic E-state index is 15.4. The standard InChI is InChI=1S/C75H93ClN12O18S3/c1-4-63(91)60-39-108-109-40-61(74(105)88-36-56(90)30-62(88)67(95)29-49(22-47-15-18-64(92)57(76)24-47)72(103)81-59(31-68(96)97)66(94)27-48(21-44(2)3)71(102)82-60)83-73(104)50(26-54-32-77-41-78-54)28-65(93)58(25-45-9-6-5-7-10-45)84-75(107)80-51-16-13-46(14-17-51)23-55-35-86(38-70(100)101)20-19-85(37-69(98)99)33-52-11-8-12-53(79-52)34-87(55)42-106-43-89/h5-18,24,32,41,43-44,48-50,55-56,58-62,90,92H,4,19-23,25-31,33-40,42H2,1-3H3,(H,77,78)(H,81,103)(H,82,102)(H,83,104)(H,96,97)(H,98,99)(H,100,101)(H2,80,84,107)/t48-,49-,50-,55+,56-,58+,59+,60+,61+,62+/m1/s1. The molecule has 8 rings (SSSR count). The number of aliphatic hydroxyl groups excluding tert-OH is 1. The molecule has 0 radical (unpaired) electrons. The van der Waals surface area contributed by atoms with Gasteiger partial charge in [-0.1, -0.05) is 109 Å². The lowest BCUT2D eigenvalue weighted by atomic mass is 9.87. The second-order valence-corrected chi connectivity index (χ2v) is 31.3. The van der Waals surface area contributed by atoms with Crippen molar-refractivity contribution in [1.29, 1.82) is 0 Å². The van der Waals surface area contributed by atoms with Crippen LogP contribution in [0.5, 0.6) is 5.75 Å². The van der Waals surface area contributed by atoms with Crippen LogP contribution in [-0.4, -0.2) is 236 Å². The predicted molar refractivity (Wildman–Crippen MR) is 408 cm³/mol. The van der Waals surface area contributed by atoms with Crippen molar-refractivity contribution >= 4 is 127 Å². The summed E-state index contributed by atoms with van der Waals surface area (Å²) in [6.07, 6.45) is -1.13. The van der Waals surface area contributed by atoms with E-state index in [0.29, 0.717) is 41.2 Å². The van der Waals surface area contributed by atoms with Gasteiger partial charge in [0.15, 0.2) is 28.2 Å². The number of H-pyrrole nitrogens is 1. The first-order valence-electron chi connectivity index (χ1n) is 35.8. The molecular weight excluding hydrogens is 1490 g/mol. The van der Waals surface area contributed by atoms with Crippen LogP contribution in [0.25, 0.3) is 0 Å². The van der Waals surface area contributed by atoms with Crippen molar-refractivity contribution in [1.82, 2.24) is 55.8 Å². The Morgan fingerprint density at radius 3 is 2.13 bits per heavy atom. The van der Waals surface area contributed by atoms with Crippen LogP contribution in [0.2, 0.25) is 5.02 Å². The van der Waals surface area contributed by atoms with E-state index in [-0.39, 0.29) is 130 Å². The number of aromatic amines is 1. The maximum absolute atomic E-state index is 15.4. The van der Waals surface area contributed by atoms with Gasteiger partial charge in [0.05, 0.1) is 78.4 Å². The van der Waals surface area contributed by atoms with Crippen molar-refractivity contribution in [3.05, 3.63) is 142 Å². The third-order valence-corrected chi connectivity index (χ3v) is 21.9. The lowest BCUT2D eigenvalue weighted by Gasteiger charge is -2.36. The van der Waals surface area contributed by atoms with Gasteiger partial charge in [0.2, 0.25) is 23.6 Å². The summed E-state index contributed by atoms with van der Waals surface area (Å²) in [6.45, 7) is 5.26. The number of amides is 4. The number of ketones is 4. The van der Waals surface area contributed by atoms with E-state index < -0.39 is 151 Å². The summed E-state index contributed by atoms with van der Waals surface area (Å²) < 4.78 is 5.32. The Balaban J connectivity index is 1.06. The fourth-order valence-corrected chi connectivity index (χ4v) is 16.4. The number of carboxylic acids is 3. The topological polar surface area (TPSA) is 430 Å². The summed E-state index contributed by atoms with van der Waals surface area (Å²) >= 11 is 12.2. The minimum Gasteiger partial charge on any atom is -0.506 e. The number of hydrogen-bond acceptors (Lipinski definition) is 23. The number of aliphatic carboxylic acids is 3. The number of rotatable bonds is 28. The zero-order chi connectivity index (χ0) is 78.8. The van der Waals surface area contributed by atoms with E-state index in [4.69, 9.17) is 33.5 Å². The molecule has 5 aromatic rings. The fourth-order valence-electron chi connectivity index (χ4n) is 13.5. The number of imidazole rings is 1. The van der Waals surface area contributed by atoms with E-state index in [2.05, 4.69) is 36.6 Å². The molecule has 0 saturated carbocycles. The van der Waals surface area contributed by atoms with Gasteiger partial charge in [0.25, 0.3) is 6.47 Å². The van der Waals surface area contributed by atoms with Crippen LogP contribution in [0.4, 0.5) is 5.69 Å². The average Bonchev–Trinajstić information content (AvgIpc) is 1.72. The van der Waals surface area contributed by atoms with Crippen molar-refractivity contribution in [2.24, 2.45) is 23.7 Å². The lowest BCUT2D eigenvalue weighted by Crippen LogP contribution is -2.54. The Morgan fingerprint density at radius 1 is 0.780 bits per heavy atom. The van der Waals surface area contributed by atoms with Crippen LogP contribution in [0.1, 0.15) is 99.5 Å². The highest BCUT2D eigenvalue weighted by molar-refractivity contribution is 8.76. The number of aromatic nitrogens is 3. The number of phenolic OH excluding ortho intramolecular Hbond substituents is 1. The van der Waals surface area contributed by atoms with Gasteiger partial charge in [-0.05, 0) is 96.9 Å². The number of thiocarbonyl (C=S) groups is 1. The number of aliphatic hydroxyl groups is 1. The number of pyridine rings is 1.